The number of hydrogen-bond acceptors (Lipinski definition) is 2. The molecule has 0 aliphatic rings. The molecule has 0 rings (SSSR count). The lowest BCUT2D eigenvalue weighted by atomic mass is 10.2. The van der Waals surface area contributed by atoms with Crippen molar-refractivity contribution in [3.05, 3.63) is 0 Å². The van der Waals surface area contributed by atoms with Gasteiger partial charge in [0.25, 0.3) is 0 Å². The molecule has 1 N–H and O–H groups in total. The molecule has 0 saturated heterocycles. The molecule has 0 aromatic heterocycles. The summed E-state index contributed by atoms with van der Waals surface area (Å²) < 4.78 is 0. The van der Waals surface area contributed by atoms with Crippen LogP contribution in [0, 0.1) is 0 Å². The molecule has 0 radical (unpaired) electrons. The van der Waals surface area contributed by atoms with E-state index in [-0.39, 0.29) is 5.25 Å². The van der Waals surface area contributed by atoms with Crippen molar-refractivity contribution in [1.82, 2.24) is 0 Å². The smallest absolute Gasteiger partial charge is 0.316 e. The van der Waals surface area contributed by atoms with E-state index < -0.39 is 5.97 Å². The maximum atomic E-state index is 10.8. The maximum absolute atomic E-state index is 10.8. The van der Waals surface area contributed by atoms with E-state index in [0.717, 1.165) is 31.4 Å². The molecule has 1 atom stereocenters. The molecule has 2 nitrogen and oxygen atoms in total. The number of aliphatic carboxylic acids is 1. The van der Waals surface area contributed by atoms with Gasteiger partial charge in [0.1, 0.15) is 5.25 Å². The van der Waals surface area contributed by atoms with E-state index in [4.69, 9.17) is 5.11 Å². The molecular formula is C11H22O2S. The number of carboxylic acid groups (broad SMARTS) is 1. The Morgan fingerprint density at radius 2 is 1.86 bits per heavy atom. The molecule has 0 fully saturated rings. The Labute approximate surface area is 91.5 Å². The van der Waals surface area contributed by atoms with Gasteiger partial charge in [-0.3, -0.25) is 4.79 Å². The maximum Gasteiger partial charge on any atom is 0.316 e. The highest BCUT2D eigenvalue weighted by atomic mass is 32.2. The fourth-order valence-electron chi connectivity index (χ4n) is 1.25. The third-order valence-corrected chi connectivity index (χ3v) is 3.53. The second-order valence-electron chi connectivity index (χ2n) is 3.55. The summed E-state index contributed by atoms with van der Waals surface area (Å²) in [6.07, 6.45) is 6.50. The summed E-state index contributed by atoms with van der Waals surface area (Å²) in [4.78, 5) is 10.8. The number of unbranched alkanes of at least 4 members (excludes halogenated alkanes) is 3. The van der Waals surface area contributed by atoms with Crippen molar-refractivity contribution in [1.29, 1.82) is 0 Å². The fraction of sp³-hybridized carbons (Fsp3) is 0.909. The molecule has 0 aromatic carbocycles. The average molecular weight is 218 g/mol. The minimum Gasteiger partial charge on any atom is -0.480 e. The van der Waals surface area contributed by atoms with Crippen LogP contribution in [0.5, 0.6) is 0 Å². The first-order chi connectivity index (χ1) is 6.72. The molecule has 0 aliphatic carbocycles. The molecule has 0 heterocycles. The van der Waals surface area contributed by atoms with Gasteiger partial charge >= 0.3 is 5.97 Å². The summed E-state index contributed by atoms with van der Waals surface area (Å²) in [6, 6.07) is 0. The lowest BCUT2D eigenvalue weighted by molar-refractivity contribution is -0.136. The Bertz CT molecular complexity index is 148. The summed E-state index contributed by atoms with van der Waals surface area (Å²) in [7, 11) is 0. The molecule has 3 heteroatoms. The summed E-state index contributed by atoms with van der Waals surface area (Å²) in [6.45, 7) is 4.26. The molecule has 14 heavy (non-hydrogen) atoms. The van der Waals surface area contributed by atoms with E-state index in [1.807, 2.05) is 0 Å². The van der Waals surface area contributed by atoms with Gasteiger partial charge in [0.2, 0.25) is 0 Å². The van der Waals surface area contributed by atoms with E-state index in [1.54, 1.807) is 11.8 Å². The van der Waals surface area contributed by atoms with E-state index in [9.17, 15) is 4.79 Å². The summed E-state index contributed by atoms with van der Waals surface area (Å²) in [5, 5.41) is 8.76. The van der Waals surface area contributed by atoms with Crippen molar-refractivity contribution in [3.63, 3.8) is 0 Å². The summed E-state index contributed by atoms with van der Waals surface area (Å²) in [5.41, 5.74) is 0. The van der Waals surface area contributed by atoms with Crippen LogP contribution in [0.1, 0.15) is 52.4 Å². The second-order valence-corrected chi connectivity index (χ2v) is 4.86. The molecule has 0 spiro atoms. The number of hydrogen-bond donors (Lipinski definition) is 1. The van der Waals surface area contributed by atoms with Crippen molar-refractivity contribution < 1.29 is 9.90 Å². The number of thioether (sulfide) groups is 1. The van der Waals surface area contributed by atoms with E-state index >= 15 is 0 Å². The summed E-state index contributed by atoms with van der Waals surface area (Å²) in [5.74, 6) is 0.356. The van der Waals surface area contributed by atoms with Crippen LogP contribution in [0.25, 0.3) is 0 Å². The highest BCUT2D eigenvalue weighted by molar-refractivity contribution is 8.00. The predicted octanol–water partition coefficient (Wildman–Crippen LogP) is 3.55. The average Bonchev–Trinajstić information content (AvgIpc) is 2.16. The number of carbonyl (C=O) groups is 1. The van der Waals surface area contributed by atoms with Crippen molar-refractivity contribution in [2.45, 2.75) is 57.6 Å². The molecule has 0 aliphatic heterocycles. The third kappa shape index (κ3) is 7.25. The molecule has 0 aromatic rings. The molecule has 0 bridgehead atoms. The lowest BCUT2D eigenvalue weighted by Gasteiger charge is -2.10. The van der Waals surface area contributed by atoms with Crippen LogP contribution < -0.4 is 0 Å². The van der Waals surface area contributed by atoms with Crippen LogP contribution in [-0.4, -0.2) is 22.1 Å². The molecular weight excluding hydrogens is 196 g/mol. The van der Waals surface area contributed by atoms with Gasteiger partial charge < -0.3 is 5.11 Å². The highest BCUT2D eigenvalue weighted by Crippen LogP contribution is 2.19. The normalized spacial score (nSPS) is 12.7. The van der Waals surface area contributed by atoms with Crippen LogP contribution in [0.4, 0.5) is 0 Å². The van der Waals surface area contributed by atoms with E-state index in [2.05, 4.69) is 13.8 Å². The highest BCUT2D eigenvalue weighted by Gasteiger charge is 2.16. The minimum absolute atomic E-state index is 0.174. The topological polar surface area (TPSA) is 37.3 Å². The largest absolute Gasteiger partial charge is 0.480 e. The Morgan fingerprint density at radius 3 is 2.36 bits per heavy atom. The Hall–Kier alpha value is -0.180. The number of carboxylic acids is 1. The van der Waals surface area contributed by atoms with Gasteiger partial charge in [-0.1, -0.05) is 39.5 Å². The Morgan fingerprint density at radius 1 is 1.21 bits per heavy atom. The molecule has 1 unspecified atom stereocenters. The van der Waals surface area contributed by atoms with Gasteiger partial charge in [0, 0.05) is 0 Å². The van der Waals surface area contributed by atoms with Gasteiger partial charge in [0.15, 0.2) is 0 Å². The van der Waals surface area contributed by atoms with Crippen LogP contribution >= 0.6 is 11.8 Å². The minimum atomic E-state index is -0.639. The van der Waals surface area contributed by atoms with Crippen molar-refractivity contribution in [3.8, 4) is 0 Å². The fourth-order valence-corrected chi connectivity index (χ4v) is 2.38. The van der Waals surface area contributed by atoms with Crippen molar-refractivity contribution in [2.24, 2.45) is 0 Å². The molecule has 0 amide bonds. The van der Waals surface area contributed by atoms with Crippen molar-refractivity contribution >= 4 is 17.7 Å². The van der Waals surface area contributed by atoms with Crippen molar-refractivity contribution in [2.75, 3.05) is 5.75 Å². The molecule has 0 saturated carbocycles. The van der Waals surface area contributed by atoms with Crippen LogP contribution in [-0.2, 0) is 4.79 Å². The number of rotatable bonds is 9. The van der Waals surface area contributed by atoms with Crippen LogP contribution in [0.2, 0.25) is 0 Å². The predicted molar refractivity (Wildman–Crippen MR) is 62.9 cm³/mol. The van der Waals surface area contributed by atoms with Gasteiger partial charge in [-0.25, -0.2) is 0 Å². The SMILES string of the molecule is CCCCCSC(CCCC)C(=O)O. The van der Waals surface area contributed by atoms with Gasteiger partial charge in [-0.15, -0.1) is 11.8 Å². The monoisotopic (exact) mass is 218 g/mol. The Kier molecular flexibility index (Phi) is 9.26. The third-order valence-electron chi connectivity index (χ3n) is 2.16. The van der Waals surface area contributed by atoms with Crippen LogP contribution in [0.3, 0.4) is 0 Å². The van der Waals surface area contributed by atoms with Crippen LogP contribution in [0.15, 0.2) is 0 Å². The standard InChI is InChI=1S/C11H22O2S/c1-3-5-7-9-14-10(11(12)13)8-6-4-2/h10H,3-9H2,1-2H3,(H,12,13). The Balaban J connectivity index is 3.57. The molecule has 84 valence electrons. The first-order valence-electron chi connectivity index (χ1n) is 5.56. The zero-order valence-electron chi connectivity index (χ0n) is 9.29. The zero-order valence-corrected chi connectivity index (χ0v) is 10.1. The lowest BCUT2D eigenvalue weighted by Crippen LogP contribution is -2.16. The van der Waals surface area contributed by atoms with Gasteiger partial charge in [-0.05, 0) is 18.6 Å². The van der Waals surface area contributed by atoms with E-state index in [1.165, 1.54) is 12.8 Å². The summed E-state index contributed by atoms with van der Waals surface area (Å²) >= 11 is 1.61. The second kappa shape index (κ2) is 9.38. The zero-order chi connectivity index (χ0) is 10.8. The quantitative estimate of drug-likeness (QED) is 0.601. The first-order valence-corrected chi connectivity index (χ1v) is 6.61. The van der Waals surface area contributed by atoms with Gasteiger partial charge in [0.05, 0.1) is 0 Å². The van der Waals surface area contributed by atoms with E-state index in [0.29, 0.717) is 0 Å². The van der Waals surface area contributed by atoms with Gasteiger partial charge in [-0.2, -0.15) is 0 Å². The first kappa shape index (κ1) is 13.8.